The van der Waals surface area contributed by atoms with Crippen LogP contribution in [0.15, 0.2) is 42.5 Å². The summed E-state index contributed by atoms with van der Waals surface area (Å²) in [6.07, 6.45) is 5.41. The highest BCUT2D eigenvalue weighted by atomic mass is 16.5. The molecular weight excluding hydrogens is 356 g/mol. The van der Waals surface area contributed by atoms with Gasteiger partial charge in [0.2, 0.25) is 17.7 Å². The van der Waals surface area contributed by atoms with Gasteiger partial charge < -0.3 is 9.64 Å². The first-order valence-electron chi connectivity index (χ1n) is 10.1. The number of nitrogens with zero attached hydrogens (tertiary/aromatic N) is 2. The van der Waals surface area contributed by atoms with E-state index in [4.69, 9.17) is 4.74 Å². The van der Waals surface area contributed by atoms with Crippen molar-refractivity contribution in [3.05, 3.63) is 48.0 Å². The Morgan fingerprint density at radius 3 is 2.21 bits per heavy atom. The maximum atomic E-state index is 13.4. The van der Waals surface area contributed by atoms with E-state index < -0.39 is 6.04 Å². The normalized spacial score (nSPS) is 32.1. The minimum atomic E-state index is -0.773. The highest BCUT2D eigenvalue weighted by molar-refractivity contribution is 6.09. The Hall–Kier alpha value is -2.47. The van der Waals surface area contributed by atoms with Crippen LogP contribution in [0.1, 0.15) is 12.0 Å². The Balaban J connectivity index is 1.46. The van der Waals surface area contributed by atoms with Gasteiger partial charge in [-0.1, -0.05) is 42.5 Å². The maximum Gasteiger partial charge on any atom is 0.246 e. The fourth-order valence-corrected chi connectivity index (χ4v) is 5.35. The van der Waals surface area contributed by atoms with E-state index in [-0.39, 0.29) is 41.4 Å². The number of hydrogen-bond acceptors (Lipinski definition) is 4. The summed E-state index contributed by atoms with van der Waals surface area (Å²) in [7, 11) is 0. The summed E-state index contributed by atoms with van der Waals surface area (Å²) in [5, 5.41) is 0. The Bertz CT molecular complexity index is 800. The Labute approximate surface area is 164 Å². The number of ether oxygens (including phenoxy) is 1. The molecule has 1 aromatic rings. The van der Waals surface area contributed by atoms with Crippen molar-refractivity contribution in [2.75, 3.05) is 26.3 Å². The Morgan fingerprint density at radius 1 is 1.00 bits per heavy atom. The van der Waals surface area contributed by atoms with Crippen molar-refractivity contribution in [3.63, 3.8) is 0 Å². The van der Waals surface area contributed by atoms with Crippen molar-refractivity contribution in [3.8, 4) is 0 Å². The van der Waals surface area contributed by atoms with Gasteiger partial charge in [-0.15, -0.1) is 0 Å². The van der Waals surface area contributed by atoms with E-state index in [1.807, 2.05) is 30.3 Å². The number of allylic oxidation sites excluding steroid dienone is 2. The maximum absolute atomic E-state index is 13.4. The molecule has 1 aromatic carbocycles. The number of likely N-dealkylation sites (tertiary alicyclic amines) is 1. The highest BCUT2D eigenvalue weighted by Crippen LogP contribution is 2.53. The second-order valence-electron chi connectivity index (χ2n) is 8.19. The molecule has 2 aliphatic heterocycles. The summed E-state index contributed by atoms with van der Waals surface area (Å²) in [6, 6.07) is 8.86. The quantitative estimate of drug-likeness (QED) is 0.583. The van der Waals surface area contributed by atoms with Gasteiger partial charge in [-0.3, -0.25) is 19.3 Å². The second-order valence-corrected chi connectivity index (χ2v) is 8.19. The molecule has 1 saturated carbocycles. The lowest BCUT2D eigenvalue weighted by atomic mass is 9.85. The number of hydrogen-bond donors (Lipinski definition) is 0. The van der Waals surface area contributed by atoms with Crippen LogP contribution >= 0.6 is 0 Å². The van der Waals surface area contributed by atoms with Gasteiger partial charge in [0.25, 0.3) is 0 Å². The predicted molar refractivity (Wildman–Crippen MR) is 101 cm³/mol. The molecule has 0 spiro atoms. The Kier molecular flexibility index (Phi) is 4.31. The molecule has 6 heteroatoms. The molecule has 3 unspecified atom stereocenters. The van der Waals surface area contributed by atoms with Crippen LogP contribution in [0.5, 0.6) is 0 Å². The SMILES string of the molecule is O=C(C(Cc1ccccc1)N1C(=O)C2C(C1=O)[C@H]1C=C[C@H]2C1)N1CCOCC1. The molecule has 2 bridgehead atoms. The zero-order valence-corrected chi connectivity index (χ0v) is 15.7. The number of amides is 3. The number of morpholine rings is 1. The molecule has 0 radical (unpaired) electrons. The lowest BCUT2D eigenvalue weighted by Crippen LogP contribution is -2.55. The number of imide groups is 1. The molecule has 3 fully saturated rings. The fraction of sp³-hybridized carbons (Fsp3) is 0.500. The molecule has 6 nitrogen and oxygen atoms in total. The van der Waals surface area contributed by atoms with Crippen molar-refractivity contribution in [1.82, 2.24) is 9.80 Å². The molecule has 2 heterocycles. The van der Waals surface area contributed by atoms with E-state index in [9.17, 15) is 14.4 Å². The minimum absolute atomic E-state index is 0.144. The molecule has 2 aliphatic carbocycles. The lowest BCUT2D eigenvalue weighted by molar-refractivity contribution is -0.154. The van der Waals surface area contributed by atoms with Gasteiger partial charge >= 0.3 is 0 Å². The number of rotatable bonds is 4. The highest BCUT2D eigenvalue weighted by Gasteiger charge is 2.61. The fourth-order valence-electron chi connectivity index (χ4n) is 5.35. The van der Waals surface area contributed by atoms with E-state index in [1.54, 1.807) is 4.90 Å². The van der Waals surface area contributed by atoms with Crippen LogP contribution < -0.4 is 0 Å². The summed E-state index contributed by atoms with van der Waals surface area (Å²) < 4.78 is 5.36. The van der Waals surface area contributed by atoms with Crippen molar-refractivity contribution in [2.24, 2.45) is 23.7 Å². The molecule has 4 aliphatic rings. The van der Waals surface area contributed by atoms with E-state index in [2.05, 4.69) is 12.2 Å². The number of fused-ring (bicyclic) bond motifs is 5. The first kappa shape index (κ1) is 17.6. The summed E-state index contributed by atoms with van der Waals surface area (Å²) in [5.41, 5.74) is 0.952. The monoisotopic (exact) mass is 380 g/mol. The third-order valence-electron chi connectivity index (χ3n) is 6.70. The van der Waals surface area contributed by atoms with E-state index in [1.165, 1.54) is 4.90 Å². The summed E-state index contributed by atoms with van der Waals surface area (Å²) in [6.45, 7) is 1.98. The second kappa shape index (κ2) is 6.85. The smallest absolute Gasteiger partial charge is 0.246 e. The molecular formula is C22H24N2O4. The zero-order chi connectivity index (χ0) is 19.3. The van der Waals surface area contributed by atoms with Gasteiger partial charge in [0.05, 0.1) is 25.0 Å². The van der Waals surface area contributed by atoms with E-state index in [0.717, 1.165) is 12.0 Å². The lowest BCUT2D eigenvalue weighted by Gasteiger charge is -2.34. The average molecular weight is 380 g/mol. The van der Waals surface area contributed by atoms with Crippen molar-refractivity contribution in [1.29, 1.82) is 0 Å². The van der Waals surface area contributed by atoms with E-state index in [0.29, 0.717) is 32.7 Å². The third-order valence-corrected chi connectivity index (χ3v) is 6.70. The molecule has 0 N–H and O–H groups in total. The van der Waals surface area contributed by atoms with Crippen LogP contribution in [0.4, 0.5) is 0 Å². The van der Waals surface area contributed by atoms with E-state index >= 15 is 0 Å². The van der Waals surface area contributed by atoms with Crippen LogP contribution in [0, 0.1) is 23.7 Å². The van der Waals surface area contributed by atoms with Gasteiger partial charge in [-0.25, -0.2) is 0 Å². The first-order chi connectivity index (χ1) is 13.6. The zero-order valence-electron chi connectivity index (χ0n) is 15.7. The predicted octanol–water partition coefficient (Wildman–Crippen LogP) is 1.26. The number of carbonyl (C=O) groups excluding carboxylic acids is 3. The molecule has 28 heavy (non-hydrogen) atoms. The minimum Gasteiger partial charge on any atom is -0.378 e. The van der Waals surface area contributed by atoms with Gasteiger partial charge in [-0.05, 0) is 23.8 Å². The van der Waals surface area contributed by atoms with Crippen LogP contribution in [-0.2, 0) is 25.5 Å². The molecule has 146 valence electrons. The topological polar surface area (TPSA) is 66.9 Å². The number of benzene rings is 1. The van der Waals surface area contributed by atoms with Crippen LogP contribution in [0.25, 0.3) is 0 Å². The van der Waals surface area contributed by atoms with Gasteiger partial charge in [0, 0.05) is 19.5 Å². The van der Waals surface area contributed by atoms with Gasteiger partial charge in [0.15, 0.2) is 0 Å². The van der Waals surface area contributed by atoms with Gasteiger partial charge in [0.1, 0.15) is 6.04 Å². The van der Waals surface area contributed by atoms with Gasteiger partial charge in [-0.2, -0.15) is 0 Å². The average Bonchev–Trinajstić information content (AvgIpc) is 3.41. The standard InChI is InChI=1S/C22H24N2O4/c25-20(23-8-10-28-11-9-23)17(12-14-4-2-1-3-5-14)24-21(26)18-15-6-7-16(13-15)19(18)22(24)27/h1-7,15-19H,8-13H2/t15-,16-,17?,18?,19?/m0/s1. The van der Waals surface area contributed by atoms with Crippen LogP contribution in [0.2, 0.25) is 0 Å². The summed E-state index contributed by atoms with van der Waals surface area (Å²) in [4.78, 5) is 43.0. The summed E-state index contributed by atoms with van der Waals surface area (Å²) >= 11 is 0. The van der Waals surface area contributed by atoms with Crippen LogP contribution in [0.3, 0.4) is 0 Å². The van der Waals surface area contributed by atoms with Crippen LogP contribution in [-0.4, -0.2) is 59.9 Å². The largest absolute Gasteiger partial charge is 0.378 e. The molecule has 5 rings (SSSR count). The third kappa shape index (κ3) is 2.70. The molecule has 2 saturated heterocycles. The van der Waals surface area contributed by atoms with Crippen molar-refractivity contribution in [2.45, 2.75) is 18.9 Å². The Morgan fingerprint density at radius 2 is 1.61 bits per heavy atom. The molecule has 0 aromatic heterocycles. The van der Waals surface area contributed by atoms with Crippen molar-refractivity contribution < 1.29 is 19.1 Å². The molecule has 3 amide bonds. The molecule has 5 atom stereocenters. The van der Waals surface area contributed by atoms with Crippen molar-refractivity contribution >= 4 is 17.7 Å². The number of carbonyl (C=O) groups is 3. The summed E-state index contributed by atoms with van der Waals surface area (Å²) in [5.74, 6) is -0.728. The first-order valence-corrected chi connectivity index (χ1v) is 10.1.